The number of hydrogen-bond donors (Lipinski definition) is 1. The van der Waals surface area contributed by atoms with E-state index in [1.807, 2.05) is 72.8 Å². The first-order valence-electron chi connectivity index (χ1n) is 8.91. The lowest BCUT2D eigenvalue weighted by molar-refractivity contribution is -0.115. The van der Waals surface area contributed by atoms with Crippen LogP contribution in [0, 0.1) is 0 Å². The summed E-state index contributed by atoms with van der Waals surface area (Å²) < 4.78 is 5.90. The number of ether oxygens (including phenoxy) is 1. The second-order valence-electron chi connectivity index (χ2n) is 6.14. The van der Waals surface area contributed by atoms with Crippen LogP contribution in [0.2, 0.25) is 0 Å². The maximum Gasteiger partial charge on any atom is 0.228 e. The number of aryl methyl sites for hydroxylation is 1. The Balaban J connectivity index is 1.51. The van der Waals surface area contributed by atoms with Gasteiger partial charge in [-0.25, -0.2) is 0 Å². The third kappa shape index (κ3) is 5.49. The smallest absolute Gasteiger partial charge is 0.228 e. The summed E-state index contributed by atoms with van der Waals surface area (Å²) in [5.74, 6) is 0.665. The average molecular weight is 345 g/mol. The molecule has 3 heteroatoms. The number of benzene rings is 3. The minimum Gasteiger partial charge on any atom is -0.491 e. The minimum absolute atomic E-state index is 0.0449. The highest BCUT2D eigenvalue weighted by molar-refractivity contribution is 5.93. The molecule has 1 amide bonds. The molecule has 0 bridgehead atoms. The van der Waals surface area contributed by atoms with Crippen molar-refractivity contribution in [3.63, 3.8) is 0 Å². The van der Waals surface area contributed by atoms with Crippen LogP contribution < -0.4 is 10.1 Å². The Bertz CT molecular complexity index is 816. The molecule has 0 heterocycles. The molecule has 0 aliphatic rings. The number of carbonyl (C=O) groups excluding carboxylic acids is 1. The predicted octanol–water partition coefficient (Wildman–Crippen LogP) is 4.88. The highest BCUT2D eigenvalue weighted by Gasteiger charge is 2.08. The van der Waals surface area contributed by atoms with E-state index in [1.54, 1.807) is 0 Å². The van der Waals surface area contributed by atoms with Crippen molar-refractivity contribution in [2.24, 2.45) is 0 Å². The Kier molecular flexibility index (Phi) is 6.43. The Hall–Kier alpha value is -3.07. The summed E-state index contributed by atoms with van der Waals surface area (Å²) in [5, 5.41) is 2.95. The zero-order valence-corrected chi connectivity index (χ0v) is 14.7. The molecule has 3 aromatic rings. The summed E-state index contributed by atoms with van der Waals surface area (Å²) in [6, 6.07) is 27.7. The molecule has 0 saturated carbocycles. The molecule has 0 saturated heterocycles. The summed E-state index contributed by atoms with van der Waals surface area (Å²) in [6.07, 6.45) is 2.25. The molecule has 26 heavy (non-hydrogen) atoms. The fourth-order valence-electron chi connectivity index (χ4n) is 2.77. The molecular weight excluding hydrogens is 322 g/mol. The van der Waals surface area contributed by atoms with Crippen molar-refractivity contribution in [1.29, 1.82) is 0 Å². The van der Waals surface area contributed by atoms with E-state index in [1.165, 1.54) is 5.56 Å². The van der Waals surface area contributed by atoms with Gasteiger partial charge in [-0.15, -0.1) is 0 Å². The van der Waals surface area contributed by atoms with Gasteiger partial charge in [-0.2, -0.15) is 0 Å². The Morgan fingerprint density at radius 2 is 1.38 bits per heavy atom. The van der Waals surface area contributed by atoms with Crippen molar-refractivity contribution >= 4 is 11.6 Å². The van der Waals surface area contributed by atoms with E-state index < -0.39 is 0 Å². The second kappa shape index (κ2) is 9.42. The van der Waals surface area contributed by atoms with Crippen molar-refractivity contribution in [3.05, 3.63) is 96.1 Å². The van der Waals surface area contributed by atoms with Crippen molar-refractivity contribution in [1.82, 2.24) is 0 Å². The molecule has 0 unspecified atom stereocenters. The highest BCUT2D eigenvalue weighted by atomic mass is 16.5. The lowest BCUT2D eigenvalue weighted by atomic mass is 10.1. The van der Waals surface area contributed by atoms with E-state index in [-0.39, 0.29) is 5.91 Å². The number of carbonyl (C=O) groups is 1. The van der Waals surface area contributed by atoms with E-state index in [2.05, 4.69) is 17.4 Å². The van der Waals surface area contributed by atoms with Crippen LogP contribution in [-0.2, 0) is 17.6 Å². The van der Waals surface area contributed by atoms with Crippen LogP contribution in [0.5, 0.6) is 5.75 Å². The van der Waals surface area contributed by atoms with Crippen molar-refractivity contribution in [2.75, 3.05) is 11.9 Å². The van der Waals surface area contributed by atoms with Crippen LogP contribution in [0.3, 0.4) is 0 Å². The number of hydrogen-bond acceptors (Lipinski definition) is 2. The van der Waals surface area contributed by atoms with Crippen LogP contribution >= 0.6 is 0 Å². The van der Waals surface area contributed by atoms with Crippen LogP contribution in [0.1, 0.15) is 17.5 Å². The van der Waals surface area contributed by atoms with Crippen LogP contribution in [-0.4, -0.2) is 12.5 Å². The van der Waals surface area contributed by atoms with Gasteiger partial charge in [0.15, 0.2) is 0 Å². The molecule has 0 atom stereocenters. The maximum absolute atomic E-state index is 12.3. The SMILES string of the molecule is O=C(Cc1ccccc1)Nc1ccccc1OCCCc1ccccc1. The fourth-order valence-corrected chi connectivity index (χ4v) is 2.77. The predicted molar refractivity (Wildman–Crippen MR) is 105 cm³/mol. The summed E-state index contributed by atoms with van der Waals surface area (Å²) >= 11 is 0. The molecule has 0 aromatic heterocycles. The van der Waals surface area contributed by atoms with E-state index >= 15 is 0 Å². The van der Waals surface area contributed by atoms with E-state index in [0.717, 1.165) is 18.4 Å². The molecule has 3 aromatic carbocycles. The largest absolute Gasteiger partial charge is 0.491 e. The first-order chi connectivity index (χ1) is 12.8. The van der Waals surface area contributed by atoms with Gasteiger partial charge in [0, 0.05) is 0 Å². The topological polar surface area (TPSA) is 38.3 Å². The number of para-hydroxylation sites is 2. The van der Waals surface area contributed by atoms with E-state index in [4.69, 9.17) is 4.74 Å². The quantitative estimate of drug-likeness (QED) is 0.591. The Morgan fingerprint density at radius 3 is 2.12 bits per heavy atom. The normalized spacial score (nSPS) is 10.3. The molecule has 0 aliphatic carbocycles. The summed E-state index contributed by atoms with van der Waals surface area (Å²) in [5.41, 5.74) is 3.01. The van der Waals surface area contributed by atoms with Gasteiger partial charge in [0.1, 0.15) is 5.75 Å². The molecule has 3 nitrogen and oxygen atoms in total. The van der Waals surface area contributed by atoms with Crippen LogP contribution in [0.15, 0.2) is 84.9 Å². The third-order valence-electron chi connectivity index (χ3n) is 4.08. The van der Waals surface area contributed by atoms with Gasteiger partial charge in [0.2, 0.25) is 5.91 Å². The number of nitrogens with one attached hydrogen (secondary N) is 1. The number of anilines is 1. The molecular formula is C23H23NO2. The lowest BCUT2D eigenvalue weighted by Crippen LogP contribution is -2.15. The Labute approximate surface area is 154 Å². The van der Waals surface area contributed by atoms with Gasteiger partial charge in [0.25, 0.3) is 0 Å². The zero-order valence-electron chi connectivity index (χ0n) is 14.7. The maximum atomic E-state index is 12.3. The fraction of sp³-hybridized carbons (Fsp3) is 0.174. The molecule has 0 fully saturated rings. The van der Waals surface area contributed by atoms with Gasteiger partial charge >= 0.3 is 0 Å². The lowest BCUT2D eigenvalue weighted by Gasteiger charge is -2.12. The van der Waals surface area contributed by atoms with Gasteiger partial charge in [-0.1, -0.05) is 72.8 Å². The minimum atomic E-state index is -0.0449. The molecule has 132 valence electrons. The van der Waals surface area contributed by atoms with Gasteiger partial charge in [-0.3, -0.25) is 4.79 Å². The van der Waals surface area contributed by atoms with Crippen molar-refractivity contribution < 1.29 is 9.53 Å². The van der Waals surface area contributed by atoms with Gasteiger partial charge in [-0.05, 0) is 36.1 Å². The monoisotopic (exact) mass is 345 g/mol. The Morgan fingerprint density at radius 1 is 0.769 bits per heavy atom. The summed E-state index contributed by atoms with van der Waals surface area (Å²) in [6.45, 7) is 0.612. The standard InChI is InChI=1S/C23H23NO2/c25-23(18-20-12-5-2-6-13-20)24-21-15-7-8-16-22(21)26-17-9-14-19-10-3-1-4-11-19/h1-8,10-13,15-16H,9,14,17-18H2,(H,24,25). The molecule has 0 radical (unpaired) electrons. The molecule has 1 N–H and O–H groups in total. The second-order valence-corrected chi connectivity index (χ2v) is 6.14. The van der Waals surface area contributed by atoms with Crippen LogP contribution in [0.25, 0.3) is 0 Å². The van der Waals surface area contributed by atoms with E-state index in [0.29, 0.717) is 24.5 Å². The van der Waals surface area contributed by atoms with E-state index in [9.17, 15) is 4.79 Å². The van der Waals surface area contributed by atoms with Crippen molar-refractivity contribution in [2.45, 2.75) is 19.3 Å². The molecule has 3 rings (SSSR count). The number of amides is 1. The average Bonchev–Trinajstić information content (AvgIpc) is 2.68. The zero-order chi connectivity index (χ0) is 18.0. The first kappa shape index (κ1) is 17.7. The highest BCUT2D eigenvalue weighted by Crippen LogP contribution is 2.24. The first-order valence-corrected chi connectivity index (χ1v) is 8.91. The summed E-state index contributed by atoms with van der Waals surface area (Å²) in [4.78, 5) is 12.3. The van der Waals surface area contributed by atoms with Gasteiger partial charge < -0.3 is 10.1 Å². The van der Waals surface area contributed by atoms with Crippen molar-refractivity contribution in [3.8, 4) is 5.75 Å². The van der Waals surface area contributed by atoms with Gasteiger partial charge in [0.05, 0.1) is 18.7 Å². The van der Waals surface area contributed by atoms with Crippen LogP contribution in [0.4, 0.5) is 5.69 Å². The third-order valence-corrected chi connectivity index (χ3v) is 4.08. The number of rotatable bonds is 8. The summed E-state index contributed by atoms with van der Waals surface area (Å²) in [7, 11) is 0. The molecule has 0 spiro atoms. The molecule has 0 aliphatic heterocycles.